The monoisotopic (exact) mass is 170 g/mol. The molecule has 0 bridgehead atoms. The Morgan fingerprint density at radius 1 is 1.82 bits per heavy atom. The molecule has 3 nitrogen and oxygen atoms in total. The first-order chi connectivity index (χ1) is 5.25. The van der Waals surface area contributed by atoms with E-state index in [2.05, 4.69) is 17.6 Å². The number of hydrogen-bond donors (Lipinski definition) is 2. The standard InChI is InChI=1S/C7H10N2OS/c1-9(7(10)5-11)6-3-2-4-8-6/h2-4,8,11H,5H2,1H3. The smallest absolute Gasteiger partial charge is 0.237 e. The average molecular weight is 170 g/mol. The van der Waals surface area contributed by atoms with Crippen LogP contribution in [0, 0.1) is 0 Å². The summed E-state index contributed by atoms with van der Waals surface area (Å²) < 4.78 is 0. The van der Waals surface area contributed by atoms with Crippen LogP contribution in [0.25, 0.3) is 0 Å². The molecule has 0 aliphatic carbocycles. The summed E-state index contributed by atoms with van der Waals surface area (Å²) in [5.41, 5.74) is 0. The largest absolute Gasteiger partial charge is 0.348 e. The molecular formula is C7H10N2OS. The molecule has 4 heteroatoms. The maximum absolute atomic E-state index is 11.0. The molecule has 1 aromatic heterocycles. The third-order valence-corrected chi connectivity index (χ3v) is 1.72. The Balaban J connectivity index is 2.70. The minimum absolute atomic E-state index is 0.0178. The summed E-state index contributed by atoms with van der Waals surface area (Å²) >= 11 is 3.88. The van der Waals surface area contributed by atoms with E-state index in [1.165, 1.54) is 4.90 Å². The zero-order valence-electron chi connectivity index (χ0n) is 6.24. The van der Waals surface area contributed by atoms with Gasteiger partial charge in [-0.25, -0.2) is 0 Å². The van der Waals surface area contributed by atoms with Gasteiger partial charge in [-0.05, 0) is 12.1 Å². The van der Waals surface area contributed by atoms with Gasteiger partial charge in [0.2, 0.25) is 5.91 Å². The van der Waals surface area contributed by atoms with E-state index in [4.69, 9.17) is 0 Å². The number of thiol groups is 1. The van der Waals surface area contributed by atoms with Crippen molar-refractivity contribution in [2.24, 2.45) is 0 Å². The van der Waals surface area contributed by atoms with E-state index in [0.717, 1.165) is 5.82 Å². The molecule has 1 amide bonds. The number of nitrogens with one attached hydrogen (secondary N) is 1. The first-order valence-corrected chi connectivity index (χ1v) is 3.89. The molecular weight excluding hydrogens is 160 g/mol. The molecule has 0 fully saturated rings. The third kappa shape index (κ3) is 1.77. The highest BCUT2D eigenvalue weighted by Crippen LogP contribution is 2.07. The van der Waals surface area contributed by atoms with Crippen molar-refractivity contribution < 1.29 is 4.79 Å². The Morgan fingerprint density at radius 2 is 2.55 bits per heavy atom. The molecule has 0 aromatic carbocycles. The van der Waals surface area contributed by atoms with Crippen LogP contribution in [0.15, 0.2) is 18.3 Å². The molecule has 11 heavy (non-hydrogen) atoms. The molecule has 1 N–H and O–H groups in total. The first kappa shape index (κ1) is 8.20. The number of rotatable bonds is 2. The summed E-state index contributed by atoms with van der Waals surface area (Å²) in [5.74, 6) is 1.01. The molecule has 0 saturated carbocycles. The van der Waals surface area contributed by atoms with Gasteiger partial charge in [0.05, 0.1) is 5.75 Å². The van der Waals surface area contributed by atoms with Crippen molar-refractivity contribution in [2.75, 3.05) is 17.7 Å². The van der Waals surface area contributed by atoms with Crippen molar-refractivity contribution in [1.82, 2.24) is 4.98 Å². The SMILES string of the molecule is CN(C(=O)CS)c1ccc[nH]1. The summed E-state index contributed by atoms with van der Waals surface area (Å²) in [7, 11) is 1.71. The lowest BCUT2D eigenvalue weighted by Gasteiger charge is -2.12. The zero-order chi connectivity index (χ0) is 8.27. The van der Waals surface area contributed by atoms with E-state index in [1.807, 2.05) is 12.1 Å². The van der Waals surface area contributed by atoms with Gasteiger partial charge in [-0.2, -0.15) is 12.6 Å². The molecule has 0 spiro atoms. The van der Waals surface area contributed by atoms with Crippen molar-refractivity contribution in [2.45, 2.75) is 0 Å². The van der Waals surface area contributed by atoms with Gasteiger partial charge >= 0.3 is 0 Å². The Bertz CT molecular complexity index is 233. The fraction of sp³-hybridized carbons (Fsp3) is 0.286. The number of H-pyrrole nitrogens is 1. The van der Waals surface area contributed by atoms with Crippen LogP contribution in [0.4, 0.5) is 5.82 Å². The maximum atomic E-state index is 11.0. The highest BCUT2D eigenvalue weighted by Gasteiger charge is 2.07. The van der Waals surface area contributed by atoms with Crippen LogP contribution in [0.2, 0.25) is 0 Å². The quantitative estimate of drug-likeness (QED) is 0.636. The number of amides is 1. The van der Waals surface area contributed by atoms with Crippen molar-refractivity contribution in [3.05, 3.63) is 18.3 Å². The molecule has 60 valence electrons. The maximum Gasteiger partial charge on any atom is 0.237 e. The van der Waals surface area contributed by atoms with Crippen LogP contribution in [0.1, 0.15) is 0 Å². The van der Waals surface area contributed by atoms with E-state index < -0.39 is 0 Å². The van der Waals surface area contributed by atoms with Crippen LogP contribution in [-0.4, -0.2) is 23.7 Å². The van der Waals surface area contributed by atoms with E-state index in [0.29, 0.717) is 0 Å². The number of aromatic amines is 1. The lowest BCUT2D eigenvalue weighted by Crippen LogP contribution is -2.27. The predicted molar refractivity (Wildman–Crippen MR) is 48.1 cm³/mol. The van der Waals surface area contributed by atoms with Gasteiger partial charge in [0, 0.05) is 13.2 Å². The molecule has 0 radical (unpaired) electrons. The van der Waals surface area contributed by atoms with Crippen LogP contribution in [0.3, 0.4) is 0 Å². The van der Waals surface area contributed by atoms with Crippen molar-refractivity contribution >= 4 is 24.4 Å². The van der Waals surface area contributed by atoms with Gasteiger partial charge < -0.3 is 9.88 Å². The molecule has 0 unspecified atom stereocenters. The van der Waals surface area contributed by atoms with E-state index in [9.17, 15) is 4.79 Å². The van der Waals surface area contributed by atoms with Crippen molar-refractivity contribution in [3.63, 3.8) is 0 Å². The van der Waals surface area contributed by atoms with Gasteiger partial charge in [0.25, 0.3) is 0 Å². The van der Waals surface area contributed by atoms with Crippen LogP contribution in [-0.2, 0) is 4.79 Å². The molecule has 1 rings (SSSR count). The van der Waals surface area contributed by atoms with Gasteiger partial charge in [0.15, 0.2) is 0 Å². The van der Waals surface area contributed by atoms with Crippen LogP contribution >= 0.6 is 12.6 Å². The van der Waals surface area contributed by atoms with Gasteiger partial charge in [-0.3, -0.25) is 4.79 Å². The first-order valence-electron chi connectivity index (χ1n) is 3.26. The predicted octanol–water partition coefficient (Wildman–Crippen LogP) is 0.907. The van der Waals surface area contributed by atoms with Crippen LogP contribution in [0.5, 0.6) is 0 Å². The number of carbonyl (C=O) groups is 1. The number of nitrogens with zero attached hydrogens (tertiary/aromatic N) is 1. The summed E-state index contributed by atoms with van der Waals surface area (Å²) in [6.07, 6.45) is 1.78. The normalized spacial score (nSPS) is 9.64. The van der Waals surface area contributed by atoms with E-state index in [1.54, 1.807) is 13.2 Å². The second-order valence-electron chi connectivity index (χ2n) is 2.17. The fourth-order valence-corrected chi connectivity index (χ4v) is 0.982. The summed E-state index contributed by atoms with van der Waals surface area (Å²) in [6.45, 7) is 0. The number of carbonyl (C=O) groups excluding carboxylic acids is 1. The zero-order valence-corrected chi connectivity index (χ0v) is 7.14. The topological polar surface area (TPSA) is 36.1 Å². The van der Waals surface area contributed by atoms with E-state index in [-0.39, 0.29) is 11.7 Å². The lowest BCUT2D eigenvalue weighted by molar-refractivity contribution is -0.115. The van der Waals surface area contributed by atoms with Crippen molar-refractivity contribution in [1.29, 1.82) is 0 Å². The minimum Gasteiger partial charge on any atom is -0.348 e. The number of anilines is 1. The van der Waals surface area contributed by atoms with Gasteiger partial charge in [-0.1, -0.05) is 0 Å². The highest BCUT2D eigenvalue weighted by atomic mass is 32.1. The molecule has 0 atom stereocenters. The van der Waals surface area contributed by atoms with Crippen molar-refractivity contribution in [3.8, 4) is 0 Å². The summed E-state index contributed by atoms with van der Waals surface area (Å²) in [6, 6.07) is 3.68. The second kappa shape index (κ2) is 3.48. The highest BCUT2D eigenvalue weighted by molar-refractivity contribution is 7.81. The molecule has 1 heterocycles. The van der Waals surface area contributed by atoms with Crippen LogP contribution < -0.4 is 4.90 Å². The lowest BCUT2D eigenvalue weighted by atomic mass is 10.5. The summed E-state index contributed by atoms with van der Waals surface area (Å²) in [5, 5.41) is 0. The second-order valence-corrected chi connectivity index (χ2v) is 2.48. The van der Waals surface area contributed by atoms with Gasteiger partial charge in [0.1, 0.15) is 5.82 Å². The number of hydrogen-bond acceptors (Lipinski definition) is 2. The molecule has 1 aromatic rings. The van der Waals surface area contributed by atoms with Gasteiger partial charge in [-0.15, -0.1) is 0 Å². The molecule has 0 saturated heterocycles. The minimum atomic E-state index is -0.0178. The molecule has 0 aliphatic rings. The Kier molecular flexibility index (Phi) is 2.59. The Morgan fingerprint density at radius 3 is 3.00 bits per heavy atom. The molecule has 0 aliphatic heterocycles. The third-order valence-electron chi connectivity index (χ3n) is 1.45. The fourth-order valence-electron chi connectivity index (χ4n) is 0.770. The Labute approximate surface area is 70.8 Å². The number of aromatic nitrogens is 1. The Hall–Kier alpha value is -0.900. The average Bonchev–Trinajstić information content (AvgIpc) is 2.53. The summed E-state index contributed by atoms with van der Waals surface area (Å²) in [4.78, 5) is 15.5. The van der Waals surface area contributed by atoms with E-state index >= 15 is 0 Å².